The third kappa shape index (κ3) is 5.57. The smallest absolute Gasteiger partial charge is 0.328 e. The van der Waals surface area contributed by atoms with Crippen LogP contribution < -0.4 is 0 Å². The number of rotatable bonds is 5. The Balaban J connectivity index is 2.87. The van der Waals surface area contributed by atoms with E-state index in [4.69, 9.17) is 5.11 Å². The zero-order valence-electron chi connectivity index (χ0n) is 14.0. The third-order valence-electron chi connectivity index (χ3n) is 3.59. The van der Waals surface area contributed by atoms with Gasteiger partial charge in [-0.15, -0.1) is 0 Å². The number of aliphatic carboxylic acids is 1. The highest BCUT2D eigenvalue weighted by Crippen LogP contribution is 2.19. The summed E-state index contributed by atoms with van der Waals surface area (Å²) in [6, 6.07) is 4.28. The van der Waals surface area contributed by atoms with Crippen molar-refractivity contribution in [3.63, 3.8) is 0 Å². The molecule has 2 nitrogen and oxygen atoms in total. The molecule has 0 aliphatic rings. The van der Waals surface area contributed by atoms with Crippen LogP contribution in [-0.4, -0.2) is 11.1 Å². The minimum atomic E-state index is -0.923. The first-order valence-electron chi connectivity index (χ1n) is 7.32. The number of hydrogen-bond acceptors (Lipinski definition) is 1. The fraction of sp³-hybridized carbons (Fsp3) is 0.250. The maximum atomic E-state index is 10.5. The van der Waals surface area contributed by atoms with Gasteiger partial charge in [0.15, 0.2) is 0 Å². The van der Waals surface area contributed by atoms with E-state index < -0.39 is 5.97 Å². The molecule has 0 atom stereocenters. The molecule has 0 amide bonds. The van der Waals surface area contributed by atoms with E-state index in [-0.39, 0.29) is 0 Å². The van der Waals surface area contributed by atoms with Crippen molar-refractivity contribution in [1.29, 1.82) is 0 Å². The van der Waals surface area contributed by atoms with Gasteiger partial charge in [-0.1, -0.05) is 48.1 Å². The second-order valence-corrected chi connectivity index (χ2v) is 5.57. The lowest BCUT2D eigenvalue weighted by molar-refractivity contribution is -0.131. The van der Waals surface area contributed by atoms with E-state index >= 15 is 0 Å². The van der Waals surface area contributed by atoms with Crippen molar-refractivity contribution in [2.45, 2.75) is 34.6 Å². The molecule has 22 heavy (non-hydrogen) atoms. The summed E-state index contributed by atoms with van der Waals surface area (Å²) in [4.78, 5) is 10.5. The summed E-state index contributed by atoms with van der Waals surface area (Å²) in [5.74, 6) is -0.923. The molecule has 0 saturated heterocycles. The van der Waals surface area contributed by atoms with Gasteiger partial charge in [0.25, 0.3) is 0 Å². The van der Waals surface area contributed by atoms with Crippen molar-refractivity contribution in [3.05, 3.63) is 75.9 Å². The molecule has 0 saturated carbocycles. The maximum Gasteiger partial charge on any atom is 0.328 e. The molecule has 0 fully saturated rings. The minimum Gasteiger partial charge on any atom is -0.478 e. The normalized spacial score (nSPS) is 13.3. The van der Waals surface area contributed by atoms with Crippen molar-refractivity contribution in [3.8, 4) is 0 Å². The van der Waals surface area contributed by atoms with Crippen molar-refractivity contribution in [2.24, 2.45) is 0 Å². The van der Waals surface area contributed by atoms with Crippen LogP contribution in [0.5, 0.6) is 0 Å². The van der Waals surface area contributed by atoms with Gasteiger partial charge < -0.3 is 5.11 Å². The number of carboxylic acid groups (broad SMARTS) is 1. The van der Waals surface area contributed by atoms with Gasteiger partial charge in [-0.05, 0) is 62.4 Å². The fourth-order valence-electron chi connectivity index (χ4n) is 2.09. The van der Waals surface area contributed by atoms with Gasteiger partial charge in [0.1, 0.15) is 0 Å². The molecule has 1 rings (SSSR count). The number of benzene rings is 1. The zero-order chi connectivity index (χ0) is 16.7. The quantitative estimate of drug-likeness (QED) is 0.602. The zero-order valence-corrected chi connectivity index (χ0v) is 14.0. The van der Waals surface area contributed by atoms with Crippen LogP contribution >= 0.6 is 0 Å². The number of hydrogen-bond donors (Lipinski definition) is 1. The maximum absolute atomic E-state index is 10.5. The third-order valence-corrected chi connectivity index (χ3v) is 3.59. The van der Waals surface area contributed by atoms with Gasteiger partial charge in [-0.25, -0.2) is 4.79 Å². The molecule has 0 bridgehead atoms. The Morgan fingerprint density at radius 1 is 1.00 bits per heavy atom. The molecule has 2 heteroatoms. The molecular formula is C20H24O2. The van der Waals surface area contributed by atoms with Crippen LogP contribution in [-0.2, 0) is 4.79 Å². The summed E-state index contributed by atoms with van der Waals surface area (Å²) in [6.45, 7) is 10.2. The number of aryl methyl sites for hydroxylation is 2. The minimum absolute atomic E-state index is 0.714. The van der Waals surface area contributed by atoms with Crippen LogP contribution in [0.1, 0.15) is 36.1 Å². The van der Waals surface area contributed by atoms with E-state index in [1.165, 1.54) is 28.3 Å². The Kier molecular flexibility index (Phi) is 6.58. The first kappa shape index (κ1) is 17.7. The van der Waals surface area contributed by atoms with Crippen LogP contribution in [0.4, 0.5) is 0 Å². The van der Waals surface area contributed by atoms with Gasteiger partial charge in [0.2, 0.25) is 0 Å². The molecule has 0 aromatic heterocycles. The summed E-state index contributed by atoms with van der Waals surface area (Å²) < 4.78 is 0. The van der Waals surface area contributed by atoms with Crippen LogP contribution in [0.3, 0.4) is 0 Å². The Morgan fingerprint density at radius 2 is 1.64 bits per heavy atom. The molecule has 1 N–H and O–H groups in total. The van der Waals surface area contributed by atoms with Crippen molar-refractivity contribution >= 4 is 12.0 Å². The van der Waals surface area contributed by atoms with E-state index in [2.05, 4.69) is 45.1 Å². The topological polar surface area (TPSA) is 37.3 Å². The monoisotopic (exact) mass is 296 g/mol. The van der Waals surface area contributed by atoms with Crippen molar-refractivity contribution < 1.29 is 9.90 Å². The molecule has 0 aliphatic heterocycles. The Bertz CT molecular complexity index is 671. The van der Waals surface area contributed by atoms with Gasteiger partial charge in [0.05, 0.1) is 0 Å². The van der Waals surface area contributed by atoms with Crippen molar-refractivity contribution in [2.75, 3.05) is 0 Å². The Morgan fingerprint density at radius 3 is 2.27 bits per heavy atom. The second-order valence-electron chi connectivity index (χ2n) is 5.57. The van der Waals surface area contributed by atoms with Gasteiger partial charge >= 0.3 is 5.97 Å². The first-order valence-corrected chi connectivity index (χ1v) is 7.32. The van der Waals surface area contributed by atoms with Crippen LogP contribution in [0.15, 0.2) is 53.7 Å². The average molecular weight is 296 g/mol. The summed E-state index contributed by atoms with van der Waals surface area (Å²) in [6.07, 6.45) is 11.0. The summed E-state index contributed by atoms with van der Waals surface area (Å²) >= 11 is 0. The molecule has 116 valence electrons. The summed E-state index contributed by atoms with van der Waals surface area (Å²) in [7, 11) is 0. The number of allylic oxidation sites excluding steroid dienone is 6. The predicted molar refractivity (Wildman–Crippen MR) is 94.0 cm³/mol. The van der Waals surface area contributed by atoms with E-state index in [0.717, 1.165) is 5.57 Å². The fourth-order valence-corrected chi connectivity index (χ4v) is 2.09. The molecule has 0 radical (unpaired) electrons. The highest BCUT2D eigenvalue weighted by Gasteiger charge is 2.01. The van der Waals surface area contributed by atoms with Crippen molar-refractivity contribution in [1.82, 2.24) is 0 Å². The SMILES string of the molecule is CC(C=Cc1c(C)ccc(C)c1C)=CC=CC(C)=CC(=O)O. The lowest BCUT2D eigenvalue weighted by Crippen LogP contribution is -1.89. The average Bonchev–Trinajstić information content (AvgIpc) is 2.42. The van der Waals surface area contributed by atoms with E-state index in [9.17, 15) is 4.79 Å². The van der Waals surface area contributed by atoms with Crippen LogP contribution in [0.2, 0.25) is 0 Å². The molecule has 1 aromatic carbocycles. The molecule has 0 unspecified atom stereocenters. The summed E-state index contributed by atoms with van der Waals surface area (Å²) in [5, 5.41) is 8.64. The summed E-state index contributed by atoms with van der Waals surface area (Å²) in [5.41, 5.74) is 6.95. The molecular weight excluding hydrogens is 272 g/mol. The predicted octanol–water partition coefficient (Wildman–Crippen LogP) is 5.16. The van der Waals surface area contributed by atoms with Crippen LogP contribution in [0, 0.1) is 20.8 Å². The van der Waals surface area contributed by atoms with E-state index in [0.29, 0.717) is 5.57 Å². The second kappa shape index (κ2) is 8.18. The number of carbonyl (C=O) groups is 1. The standard InChI is InChI=1S/C20H24O2/c1-14(7-6-8-15(2)13-20(21)22)9-12-19-17(4)11-10-16(3)18(19)5/h6-13H,1-5H3,(H,21,22). The molecule has 1 aromatic rings. The van der Waals surface area contributed by atoms with Gasteiger partial charge in [-0.3, -0.25) is 0 Å². The van der Waals surface area contributed by atoms with Gasteiger partial charge in [-0.2, -0.15) is 0 Å². The Hall–Kier alpha value is -2.35. The lowest BCUT2D eigenvalue weighted by Gasteiger charge is -2.08. The van der Waals surface area contributed by atoms with E-state index in [1.807, 2.05) is 19.1 Å². The molecule has 0 aliphatic carbocycles. The number of carboxylic acids is 1. The highest BCUT2D eigenvalue weighted by atomic mass is 16.4. The largest absolute Gasteiger partial charge is 0.478 e. The molecule has 0 spiro atoms. The Labute approximate surface area is 133 Å². The lowest BCUT2D eigenvalue weighted by atomic mass is 9.97. The first-order chi connectivity index (χ1) is 10.3. The molecule has 0 heterocycles. The van der Waals surface area contributed by atoms with Crippen LogP contribution in [0.25, 0.3) is 6.08 Å². The highest BCUT2D eigenvalue weighted by molar-refractivity contribution is 5.81. The van der Waals surface area contributed by atoms with E-state index in [1.54, 1.807) is 13.0 Å². The van der Waals surface area contributed by atoms with Gasteiger partial charge in [0, 0.05) is 6.08 Å².